The third-order valence-electron chi connectivity index (χ3n) is 0.737. The summed E-state index contributed by atoms with van der Waals surface area (Å²) >= 11 is 5.34. The first-order valence-corrected chi connectivity index (χ1v) is 4.66. The Hall–Kier alpha value is -0.543. The molecule has 0 rings (SSSR count). The second-order valence-corrected chi connectivity index (χ2v) is 2.79. The summed E-state index contributed by atoms with van der Waals surface area (Å²) < 4.78 is 4.57. The summed E-state index contributed by atoms with van der Waals surface area (Å²) in [5, 5.41) is 0.348. The van der Waals surface area contributed by atoms with E-state index in [1.807, 2.05) is 0 Å². The molecule has 0 radical (unpaired) electrons. The lowest BCUT2D eigenvalue weighted by Gasteiger charge is -1.91. The Labute approximate surface area is 67.9 Å². The smallest absolute Gasteiger partial charge is 0.306 e. The first-order chi connectivity index (χ1) is 4.66. The van der Waals surface area contributed by atoms with Crippen molar-refractivity contribution in [3.05, 3.63) is 23.9 Å². The largest absolute Gasteiger partial charge is 0.435 e. The van der Waals surface area contributed by atoms with E-state index in [2.05, 4.69) is 11.3 Å². The Kier molecular flexibility index (Phi) is 4.97. The number of hydrogen-bond donors (Lipinski definition) is 0. The molecule has 0 aromatic carbocycles. The fraction of sp³-hybridized carbons (Fsp3) is 0.167. The van der Waals surface area contributed by atoms with Crippen molar-refractivity contribution in [2.24, 2.45) is 0 Å². The maximum absolute atomic E-state index is 10.5. The Morgan fingerprint density at radius 1 is 1.80 bits per heavy atom. The first kappa shape index (κ1) is 9.46. The zero-order chi connectivity index (χ0) is 7.98. The molecule has 0 fully saturated rings. The second-order valence-electron chi connectivity index (χ2n) is 1.59. The van der Waals surface area contributed by atoms with E-state index in [1.54, 1.807) is 0 Å². The summed E-state index contributed by atoms with van der Waals surface area (Å²) in [5.41, 5.74) is 0. The van der Waals surface area contributed by atoms with Crippen LogP contribution in [0.15, 0.2) is 23.9 Å². The van der Waals surface area contributed by atoms with Gasteiger partial charge < -0.3 is 4.74 Å². The highest BCUT2D eigenvalue weighted by Crippen LogP contribution is 1.97. The molecule has 0 unspecified atom stereocenters. The third kappa shape index (κ3) is 5.59. The molecule has 0 amide bonds. The minimum atomic E-state index is -0.221. The van der Waals surface area contributed by atoms with Crippen LogP contribution in [0.3, 0.4) is 0 Å². The van der Waals surface area contributed by atoms with E-state index in [0.717, 1.165) is 10.2 Å². The van der Waals surface area contributed by atoms with Gasteiger partial charge in [-0.1, -0.05) is 18.2 Å². The van der Waals surface area contributed by atoms with Crippen molar-refractivity contribution in [3.8, 4) is 0 Å². The van der Waals surface area contributed by atoms with Crippen molar-refractivity contribution in [1.82, 2.24) is 0 Å². The van der Waals surface area contributed by atoms with Crippen LogP contribution in [0.5, 0.6) is 0 Å². The quantitative estimate of drug-likeness (QED) is 0.272. The molecular weight excluding hydrogens is 168 g/mol. The van der Waals surface area contributed by atoms with Crippen LogP contribution in [0.1, 0.15) is 0 Å². The molecular formula is C6H9ClO2Si. The number of hydrogen-bond acceptors (Lipinski definition) is 2. The zero-order valence-electron chi connectivity index (χ0n) is 5.76. The van der Waals surface area contributed by atoms with Gasteiger partial charge >= 0.3 is 5.97 Å². The first-order valence-electron chi connectivity index (χ1n) is 2.87. The van der Waals surface area contributed by atoms with Crippen LogP contribution >= 0.6 is 11.6 Å². The van der Waals surface area contributed by atoms with Gasteiger partial charge in [-0.2, -0.15) is 0 Å². The van der Waals surface area contributed by atoms with Crippen LogP contribution in [0.25, 0.3) is 0 Å². The van der Waals surface area contributed by atoms with E-state index in [9.17, 15) is 4.79 Å². The van der Waals surface area contributed by atoms with Crippen LogP contribution in [0.2, 0.25) is 6.04 Å². The summed E-state index contributed by atoms with van der Waals surface area (Å²) in [6.45, 7) is 3.37. The number of carbonyl (C=O) groups is 1. The Bertz CT molecular complexity index is 165. The van der Waals surface area contributed by atoms with E-state index in [4.69, 9.17) is 11.6 Å². The van der Waals surface area contributed by atoms with Gasteiger partial charge in [-0.05, 0) is 6.08 Å². The Balaban J connectivity index is 3.53. The summed E-state index contributed by atoms with van der Waals surface area (Å²) in [4.78, 5) is 10.5. The van der Waals surface area contributed by atoms with E-state index >= 15 is 0 Å². The molecule has 0 aromatic heterocycles. The molecule has 56 valence electrons. The topological polar surface area (TPSA) is 26.3 Å². The molecule has 0 aliphatic heterocycles. The van der Waals surface area contributed by atoms with E-state index in [1.165, 1.54) is 12.3 Å². The van der Waals surface area contributed by atoms with Gasteiger partial charge in [0.2, 0.25) is 0 Å². The zero-order valence-corrected chi connectivity index (χ0v) is 8.52. The van der Waals surface area contributed by atoms with Crippen LogP contribution in [0.4, 0.5) is 0 Å². The van der Waals surface area contributed by atoms with Crippen molar-refractivity contribution in [3.63, 3.8) is 0 Å². The second kappa shape index (κ2) is 5.26. The van der Waals surface area contributed by atoms with Crippen molar-refractivity contribution >= 4 is 27.8 Å². The highest BCUT2D eigenvalue weighted by atomic mass is 35.5. The number of halogens is 1. The van der Waals surface area contributed by atoms with Crippen molar-refractivity contribution in [2.75, 3.05) is 0 Å². The van der Waals surface area contributed by atoms with E-state index in [0.29, 0.717) is 11.1 Å². The number of carbonyl (C=O) groups excluding carboxylic acids is 1. The predicted octanol–water partition coefficient (Wildman–Crippen LogP) is 0.579. The van der Waals surface area contributed by atoms with Gasteiger partial charge in [-0.15, -0.1) is 0 Å². The molecule has 0 saturated heterocycles. The SMILES string of the molecule is C=C(Cl)C=COC(=O)C[SiH3]. The molecule has 0 atom stereocenters. The lowest BCUT2D eigenvalue weighted by Crippen LogP contribution is -1.96. The molecule has 0 aliphatic carbocycles. The minimum absolute atomic E-state index is 0.221. The summed E-state index contributed by atoms with van der Waals surface area (Å²) in [7, 11) is 0.822. The lowest BCUT2D eigenvalue weighted by atomic mass is 10.6. The molecule has 0 aromatic rings. The average molecular weight is 177 g/mol. The molecule has 0 N–H and O–H groups in total. The highest BCUT2D eigenvalue weighted by Gasteiger charge is 1.91. The van der Waals surface area contributed by atoms with Crippen molar-refractivity contribution in [2.45, 2.75) is 6.04 Å². The van der Waals surface area contributed by atoms with Crippen LogP contribution in [0, 0.1) is 0 Å². The number of ether oxygens (including phenoxy) is 1. The van der Waals surface area contributed by atoms with Crippen molar-refractivity contribution < 1.29 is 9.53 Å². The number of esters is 1. The predicted molar refractivity (Wildman–Crippen MR) is 45.0 cm³/mol. The van der Waals surface area contributed by atoms with Crippen molar-refractivity contribution in [1.29, 1.82) is 0 Å². The molecule has 10 heavy (non-hydrogen) atoms. The van der Waals surface area contributed by atoms with Gasteiger partial charge in [0.25, 0.3) is 0 Å². The summed E-state index contributed by atoms with van der Waals surface area (Å²) in [6.07, 6.45) is 2.67. The van der Waals surface area contributed by atoms with Crippen LogP contribution in [-0.2, 0) is 9.53 Å². The average Bonchev–Trinajstić information content (AvgIpc) is 1.87. The maximum atomic E-state index is 10.5. The lowest BCUT2D eigenvalue weighted by molar-refractivity contribution is -0.135. The maximum Gasteiger partial charge on any atom is 0.306 e. The monoisotopic (exact) mass is 176 g/mol. The van der Waals surface area contributed by atoms with Gasteiger partial charge in [-0.3, -0.25) is 4.79 Å². The fourth-order valence-corrected chi connectivity index (χ4v) is 0.485. The van der Waals surface area contributed by atoms with Gasteiger partial charge in [0, 0.05) is 21.3 Å². The highest BCUT2D eigenvalue weighted by molar-refractivity contribution is 6.30. The standard InChI is InChI=1S/C6H9ClO2Si/c1-5(7)2-3-9-6(8)4-10/h2-3H,1,4H2,10H3. The van der Waals surface area contributed by atoms with Gasteiger partial charge in [-0.25, -0.2) is 0 Å². The molecule has 4 heteroatoms. The molecule has 0 aliphatic rings. The summed E-state index contributed by atoms with van der Waals surface area (Å²) in [6, 6.07) is 0.499. The van der Waals surface area contributed by atoms with E-state index in [-0.39, 0.29) is 5.97 Å². The Morgan fingerprint density at radius 3 is 2.80 bits per heavy atom. The molecule has 0 heterocycles. The number of rotatable bonds is 3. The van der Waals surface area contributed by atoms with Crippen LogP contribution < -0.4 is 0 Å². The van der Waals surface area contributed by atoms with Crippen LogP contribution in [-0.4, -0.2) is 16.2 Å². The fourth-order valence-electron chi connectivity index (χ4n) is 0.267. The Morgan fingerprint density at radius 2 is 2.40 bits per heavy atom. The molecule has 0 spiro atoms. The molecule has 0 bridgehead atoms. The van der Waals surface area contributed by atoms with Gasteiger partial charge in [0.05, 0.1) is 6.26 Å². The number of allylic oxidation sites excluding steroid dienone is 2. The normalized spacial score (nSPS) is 10.1. The van der Waals surface area contributed by atoms with Gasteiger partial charge in [0.1, 0.15) is 0 Å². The molecule has 0 saturated carbocycles. The van der Waals surface area contributed by atoms with E-state index < -0.39 is 0 Å². The third-order valence-corrected chi connectivity index (χ3v) is 1.44. The summed E-state index contributed by atoms with van der Waals surface area (Å²) in [5.74, 6) is -0.221. The minimum Gasteiger partial charge on any atom is -0.435 e. The molecule has 2 nitrogen and oxygen atoms in total. The van der Waals surface area contributed by atoms with Gasteiger partial charge in [0.15, 0.2) is 0 Å².